The van der Waals surface area contributed by atoms with Crippen LogP contribution in [-0.4, -0.2) is 38.9 Å². The van der Waals surface area contributed by atoms with Gasteiger partial charge in [0, 0.05) is 17.8 Å². The number of rotatable bonds is 6. The number of benzene rings is 2. The normalized spacial score (nSPS) is 14.0. The van der Waals surface area contributed by atoms with E-state index in [1.807, 2.05) is 38.2 Å². The van der Waals surface area contributed by atoms with Gasteiger partial charge in [-0.3, -0.25) is 14.5 Å². The van der Waals surface area contributed by atoms with Crippen molar-refractivity contribution >= 4 is 46.6 Å². The number of hydrogen-bond acceptors (Lipinski definition) is 6. The number of aromatic nitrogens is 3. The van der Waals surface area contributed by atoms with Crippen LogP contribution >= 0.6 is 23.4 Å². The zero-order valence-electron chi connectivity index (χ0n) is 16.9. The molecule has 0 saturated carbocycles. The maximum atomic E-state index is 12.6. The van der Waals surface area contributed by atoms with Crippen molar-refractivity contribution in [3.8, 4) is 5.75 Å². The van der Waals surface area contributed by atoms with E-state index in [2.05, 4.69) is 15.5 Å². The van der Waals surface area contributed by atoms with Gasteiger partial charge in [0.2, 0.25) is 5.91 Å². The van der Waals surface area contributed by atoms with Crippen LogP contribution in [-0.2, 0) is 16.6 Å². The second-order valence-corrected chi connectivity index (χ2v) is 8.32. The fourth-order valence-electron chi connectivity index (χ4n) is 3.37. The second-order valence-electron chi connectivity index (χ2n) is 6.94. The highest BCUT2D eigenvalue weighted by molar-refractivity contribution is 7.99. The first-order valence-electron chi connectivity index (χ1n) is 9.55. The smallest absolute Gasteiger partial charge is 0.265 e. The highest BCUT2D eigenvalue weighted by Crippen LogP contribution is 2.37. The monoisotopic (exact) mass is 457 g/mol. The predicted molar refractivity (Wildman–Crippen MR) is 120 cm³/mol. The molecule has 1 aromatic heterocycles. The molecule has 10 heteroatoms. The summed E-state index contributed by atoms with van der Waals surface area (Å²) in [6, 6.07) is 14.0. The van der Waals surface area contributed by atoms with Gasteiger partial charge in [-0.05, 0) is 37.3 Å². The van der Waals surface area contributed by atoms with Crippen LogP contribution in [0.4, 0.5) is 11.4 Å². The Bertz CT molecular complexity index is 1140. The molecule has 1 aliphatic heterocycles. The molecule has 0 spiro atoms. The minimum absolute atomic E-state index is 0.0233. The van der Waals surface area contributed by atoms with Gasteiger partial charge in [0.25, 0.3) is 5.91 Å². The van der Waals surface area contributed by atoms with Gasteiger partial charge in [-0.2, -0.15) is 0 Å². The molecular weight excluding hydrogens is 438 g/mol. The molecular formula is C21H20ClN5O3S. The molecule has 8 nitrogen and oxygen atoms in total. The lowest BCUT2D eigenvalue weighted by molar-refractivity contribution is -0.121. The third kappa shape index (κ3) is 4.52. The van der Waals surface area contributed by atoms with Gasteiger partial charge >= 0.3 is 0 Å². The molecule has 2 heterocycles. The summed E-state index contributed by atoms with van der Waals surface area (Å²) in [5.74, 6) is 1.10. The first-order valence-corrected chi connectivity index (χ1v) is 10.9. The minimum atomic E-state index is -0.357. The van der Waals surface area contributed by atoms with Crippen LogP contribution in [0.2, 0.25) is 5.02 Å². The Morgan fingerprint density at radius 1 is 1.26 bits per heavy atom. The third-order valence-corrected chi connectivity index (χ3v) is 6.07. The van der Waals surface area contributed by atoms with Crippen LogP contribution in [0, 0.1) is 0 Å². The van der Waals surface area contributed by atoms with Gasteiger partial charge in [0.1, 0.15) is 5.75 Å². The first kappa shape index (κ1) is 21.2. The van der Waals surface area contributed by atoms with Crippen LogP contribution in [0.3, 0.4) is 0 Å². The van der Waals surface area contributed by atoms with Crippen molar-refractivity contribution in [2.24, 2.45) is 7.05 Å². The quantitative estimate of drug-likeness (QED) is 0.568. The molecule has 160 valence electrons. The van der Waals surface area contributed by atoms with Crippen molar-refractivity contribution < 1.29 is 14.3 Å². The fraction of sp³-hybridized carbons (Fsp3) is 0.238. The number of thioether (sulfide) groups is 1. The van der Waals surface area contributed by atoms with E-state index in [-0.39, 0.29) is 30.2 Å². The fourth-order valence-corrected chi connectivity index (χ4v) is 4.28. The number of hydrogen-bond donors (Lipinski definition) is 1. The summed E-state index contributed by atoms with van der Waals surface area (Å²) in [6.45, 7) is 1.87. The molecule has 2 amide bonds. The summed E-state index contributed by atoms with van der Waals surface area (Å²) >= 11 is 7.21. The van der Waals surface area contributed by atoms with Crippen molar-refractivity contribution in [2.45, 2.75) is 18.1 Å². The van der Waals surface area contributed by atoms with Crippen molar-refractivity contribution in [3.05, 3.63) is 59.4 Å². The number of anilines is 2. The van der Waals surface area contributed by atoms with Crippen molar-refractivity contribution in [1.29, 1.82) is 0 Å². The second kappa shape index (κ2) is 8.99. The molecule has 31 heavy (non-hydrogen) atoms. The van der Waals surface area contributed by atoms with Crippen LogP contribution in [0.5, 0.6) is 5.75 Å². The van der Waals surface area contributed by atoms with Crippen LogP contribution in [0.15, 0.2) is 53.7 Å². The van der Waals surface area contributed by atoms with Crippen LogP contribution in [0.1, 0.15) is 18.8 Å². The number of para-hydroxylation sites is 2. The molecule has 1 atom stereocenters. The molecule has 0 bridgehead atoms. The number of amides is 2. The highest BCUT2D eigenvalue weighted by Gasteiger charge is 2.32. The minimum Gasteiger partial charge on any atom is -0.482 e. The summed E-state index contributed by atoms with van der Waals surface area (Å²) in [5, 5.41) is 12.4. The number of nitrogens with one attached hydrogen (secondary N) is 1. The van der Waals surface area contributed by atoms with Crippen molar-refractivity contribution in [1.82, 2.24) is 14.8 Å². The zero-order chi connectivity index (χ0) is 22.0. The van der Waals surface area contributed by atoms with Crippen LogP contribution < -0.4 is 15.0 Å². The number of carbonyl (C=O) groups is 2. The van der Waals surface area contributed by atoms with Gasteiger partial charge in [0.15, 0.2) is 17.6 Å². The lowest BCUT2D eigenvalue weighted by Crippen LogP contribution is -2.41. The number of ether oxygens (including phenoxy) is 1. The molecule has 0 fully saturated rings. The first-order chi connectivity index (χ1) is 14.9. The molecule has 0 saturated heterocycles. The maximum Gasteiger partial charge on any atom is 0.265 e. The third-order valence-electron chi connectivity index (χ3n) is 4.81. The summed E-state index contributed by atoms with van der Waals surface area (Å²) in [6.07, 6.45) is 0. The van der Waals surface area contributed by atoms with Crippen molar-refractivity contribution in [2.75, 3.05) is 22.6 Å². The zero-order valence-corrected chi connectivity index (χ0v) is 18.5. The lowest BCUT2D eigenvalue weighted by atomic mass is 10.1. The SMILES string of the molecule is C[C@@H](c1nnc(SCC(=O)Nc2cccc(Cl)c2)n1C)N1C(=O)COc2ccccc21. The van der Waals surface area contributed by atoms with E-state index in [9.17, 15) is 9.59 Å². The Balaban J connectivity index is 1.46. The van der Waals surface area contributed by atoms with Gasteiger partial charge in [-0.25, -0.2) is 0 Å². The summed E-state index contributed by atoms with van der Waals surface area (Å²) in [7, 11) is 1.82. The number of nitrogens with zero attached hydrogens (tertiary/aromatic N) is 4. The molecule has 1 aliphatic rings. The summed E-state index contributed by atoms with van der Waals surface area (Å²) < 4.78 is 7.32. The Hall–Kier alpha value is -3.04. The molecule has 4 rings (SSSR count). The highest BCUT2D eigenvalue weighted by atomic mass is 35.5. The van der Waals surface area contributed by atoms with E-state index in [0.717, 1.165) is 0 Å². The van der Waals surface area contributed by atoms with Gasteiger partial charge in [-0.15, -0.1) is 10.2 Å². The molecule has 0 aliphatic carbocycles. The van der Waals surface area contributed by atoms with Gasteiger partial charge < -0.3 is 14.6 Å². The molecule has 0 unspecified atom stereocenters. The molecule has 2 aromatic carbocycles. The Morgan fingerprint density at radius 3 is 2.87 bits per heavy atom. The average molecular weight is 458 g/mol. The van der Waals surface area contributed by atoms with E-state index in [1.165, 1.54) is 11.8 Å². The van der Waals surface area contributed by atoms with E-state index >= 15 is 0 Å². The van der Waals surface area contributed by atoms with E-state index in [0.29, 0.717) is 33.1 Å². The van der Waals surface area contributed by atoms with Gasteiger partial charge in [0.05, 0.1) is 17.5 Å². The Labute approximate surface area is 188 Å². The summed E-state index contributed by atoms with van der Waals surface area (Å²) in [4.78, 5) is 26.5. The van der Waals surface area contributed by atoms with Crippen molar-refractivity contribution in [3.63, 3.8) is 0 Å². The predicted octanol–water partition coefficient (Wildman–Crippen LogP) is 3.69. The maximum absolute atomic E-state index is 12.6. The number of fused-ring (bicyclic) bond motifs is 1. The summed E-state index contributed by atoms with van der Waals surface area (Å²) in [5.41, 5.74) is 1.33. The van der Waals surface area contributed by atoms with Crippen LogP contribution in [0.25, 0.3) is 0 Å². The number of carbonyl (C=O) groups excluding carboxylic acids is 2. The van der Waals surface area contributed by atoms with E-state index in [1.54, 1.807) is 33.7 Å². The van der Waals surface area contributed by atoms with Gasteiger partial charge in [-0.1, -0.05) is 41.6 Å². The van der Waals surface area contributed by atoms with E-state index < -0.39 is 0 Å². The topological polar surface area (TPSA) is 89.4 Å². The molecule has 3 aromatic rings. The largest absolute Gasteiger partial charge is 0.482 e. The van der Waals surface area contributed by atoms with E-state index in [4.69, 9.17) is 16.3 Å². The average Bonchev–Trinajstić information content (AvgIpc) is 3.12. The molecule has 0 radical (unpaired) electrons. The molecule has 1 N–H and O–H groups in total. The standard InChI is InChI=1S/C21H20ClN5O3S/c1-13(27-16-8-3-4-9-17(16)30-11-19(27)29)20-24-25-21(26(20)2)31-12-18(28)23-15-7-5-6-14(22)10-15/h3-10,13H,11-12H2,1-2H3,(H,23,28)/t13-/m0/s1. The lowest BCUT2D eigenvalue weighted by Gasteiger charge is -2.33. The Kier molecular flexibility index (Phi) is 6.15. The Morgan fingerprint density at radius 2 is 2.06 bits per heavy atom. The number of halogens is 1.